The van der Waals surface area contributed by atoms with Crippen LogP contribution in [0.15, 0.2) is 16.7 Å². The summed E-state index contributed by atoms with van der Waals surface area (Å²) in [5.41, 5.74) is 0.572. The maximum Gasteiger partial charge on any atom is 0.148 e. The highest BCUT2D eigenvalue weighted by Crippen LogP contribution is 2.31. The van der Waals surface area contributed by atoms with Gasteiger partial charge in [-0.25, -0.2) is 4.39 Å². The SMILES string of the molecule is COc1cc(Br)c(F)c2cn[nH]c12. The van der Waals surface area contributed by atoms with Gasteiger partial charge in [0, 0.05) is 0 Å². The first-order valence-corrected chi connectivity index (χ1v) is 4.38. The van der Waals surface area contributed by atoms with E-state index in [4.69, 9.17) is 4.74 Å². The van der Waals surface area contributed by atoms with Crippen molar-refractivity contribution in [3.05, 3.63) is 22.6 Å². The molecule has 2 aromatic rings. The zero-order valence-electron chi connectivity index (χ0n) is 6.77. The Labute approximate surface area is 82.0 Å². The van der Waals surface area contributed by atoms with Crippen LogP contribution in [0.1, 0.15) is 0 Å². The zero-order valence-corrected chi connectivity index (χ0v) is 8.35. The number of fused-ring (bicyclic) bond motifs is 1. The smallest absolute Gasteiger partial charge is 0.148 e. The van der Waals surface area contributed by atoms with Crippen LogP contribution in [0.5, 0.6) is 5.75 Å². The number of nitrogens with one attached hydrogen (secondary N) is 1. The van der Waals surface area contributed by atoms with Crippen LogP contribution in [0.2, 0.25) is 0 Å². The highest BCUT2D eigenvalue weighted by molar-refractivity contribution is 9.10. The van der Waals surface area contributed by atoms with E-state index in [9.17, 15) is 4.39 Å². The number of aromatic amines is 1. The van der Waals surface area contributed by atoms with Gasteiger partial charge in [-0.05, 0) is 22.0 Å². The first kappa shape index (κ1) is 8.50. The largest absolute Gasteiger partial charge is 0.494 e. The molecule has 1 heterocycles. The first-order valence-electron chi connectivity index (χ1n) is 3.59. The molecule has 3 nitrogen and oxygen atoms in total. The molecule has 0 radical (unpaired) electrons. The Bertz CT molecular complexity index is 455. The number of H-pyrrole nitrogens is 1. The predicted octanol–water partition coefficient (Wildman–Crippen LogP) is 2.47. The third kappa shape index (κ3) is 1.19. The first-order chi connectivity index (χ1) is 6.24. The van der Waals surface area contributed by atoms with Crippen LogP contribution >= 0.6 is 15.9 Å². The van der Waals surface area contributed by atoms with Crippen LogP contribution in [0, 0.1) is 5.82 Å². The summed E-state index contributed by atoms with van der Waals surface area (Å²) in [4.78, 5) is 0. The number of hydrogen-bond acceptors (Lipinski definition) is 2. The monoisotopic (exact) mass is 244 g/mol. The molecule has 0 atom stereocenters. The standard InChI is InChI=1S/C8H6BrFN2O/c1-13-6-2-5(9)7(10)4-3-11-12-8(4)6/h2-3H,1H3,(H,11,12). The fourth-order valence-electron chi connectivity index (χ4n) is 1.18. The summed E-state index contributed by atoms with van der Waals surface area (Å²) in [6, 6.07) is 1.57. The fraction of sp³-hybridized carbons (Fsp3) is 0.125. The van der Waals surface area contributed by atoms with Crippen molar-refractivity contribution in [3.63, 3.8) is 0 Å². The molecule has 2 rings (SSSR count). The average molecular weight is 245 g/mol. The molecule has 1 aromatic carbocycles. The van der Waals surface area contributed by atoms with Crippen molar-refractivity contribution in [1.29, 1.82) is 0 Å². The number of benzene rings is 1. The summed E-state index contributed by atoms with van der Waals surface area (Å²) in [6.07, 6.45) is 1.43. The molecule has 5 heteroatoms. The summed E-state index contributed by atoms with van der Waals surface area (Å²) in [5.74, 6) is 0.241. The molecular formula is C8H6BrFN2O. The molecule has 0 fully saturated rings. The van der Waals surface area contributed by atoms with Crippen molar-refractivity contribution in [2.75, 3.05) is 7.11 Å². The van der Waals surface area contributed by atoms with Crippen LogP contribution in [0.25, 0.3) is 10.9 Å². The molecule has 1 aromatic heterocycles. The van der Waals surface area contributed by atoms with E-state index in [1.54, 1.807) is 6.07 Å². The number of aromatic nitrogens is 2. The average Bonchev–Trinajstić information content (AvgIpc) is 2.60. The maximum atomic E-state index is 13.4. The molecule has 13 heavy (non-hydrogen) atoms. The molecule has 0 saturated heterocycles. The van der Waals surface area contributed by atoms with Gasteiger partial charge in [0.15, 0.2) is 0 Å². The fourth-order valence-corrected chi connectivity index (χ4v) is 1.60. The lowest BCUT2D eigenvalue weighted by atomic mass is 10.2. The van der Waals surface area contributed by atoms with Crippen LogP contribution < -0.4 is 4.74 Å². The van der Waals surface area contributed by atoms with Crippen molar-refractivity contribution < 1.29 is 9.13 Å². The Hall–Kier alpha value is -1.10. The van der Waals surface area contributed by atoms with Crippen LogP contribution in [0.4, 0.5) is 4.39 Å². The number of halogens is 2. The molecule has 0 aliphatic rings. The highest BCUT2D eigenvalue weighted by atomic mass is 79.9. The van der Waals surface area contributed by atoms with E-state index in [1.807, 2.05) is 0 Å². The van der Waals surface area contributed by atoms with Gasteiger partial charge in [0.2, 0.25) is 0 Å². The zero-order chi connectivity index (χ0) is 9.42. The van der Waals surface area contributed by atoms with E-state index in [2.05, 4.69) is 26.1 Å². The molecular weight excluding hydrogens is 239 g/mol. The van der Waals surface area contributed by atoms with Gasteiger partial charge in [-0.1, -0.05) is 0 Å². The Balaban J connectivity index is 2.87. The summed E-state index contributed by atoms with van der Waals surface area (Å²) in [5, 5.41) is 6.84. The minimum Gasteiger partial charge on any atom is -0.494 e. The molecule has 1 N–H and O–H groups in total. The Kier molecular flexibility index (Phi) is 1.95. The second-order valence-corrected chi connectivity index (χ2v) is 3.39. The van der Waals surface area contributed by atoms with Crippen molar-refractivity contribution in [2.24, 2.45) is 0 Å². The van der Waals surface area contributed by atoms with Crippen LogP contribution in [0.3, 0.4) is 0 Å². The summed E-state index contributed by atoms with van der Waals surface area (Å²) in [7, 11) is 1.53. The highest BCUT2D eigenvalue weighted by Gasteiger charge is 2.11. The lowest BCUT2D eigenvalue weighted by molar-refractivity contribution is 0.417. The normalized spacial score (nSPS) is 10.7. The van der Waals surface area contributed by atoms with Crippen molar-refractivity contribution in [1.82, 2.24) is 10.2 Å². The van der Waals surface area contributed by atoms with E-state index in [1.165, 1.54) is 13.3 Å². The van der Waals surface area contributed by atoms with Crippen molar-refractivity contribution in [3.8, 4) is 5.75 Å². The number of methoxy groups -OCH3 is 1. The molecule has 0 bridgehead atoms. The predicted molar refractivity (Wildman–Crippen MR) is 50.3 cm³/mol. The third-order valence-electron chi connectivity index (χ3n) is 1.81. The second-order valence-electron chi connectivity index (χ2n) is 2.53. The molecule has 68 valence electrons. The summed E-state index contributed by atoms with van der Waals surface area (Å²) >= 11 is 3.10. The minimum absolute atomic E-state index is 0.329. The van der Waals surface area contributed by atoms with Crippen molar-refractivity contribution >= 4 is 26.8 Å². The molecule has 0 unspecified atom stereocenters. The number of rotatable bonds is 1. The van der Waals surface area contributed by atoms with Gasteiger partial charge in [0.05, 0.1) is 23.2 Å². The van der Waals surface area contributed by atoms with Gasteiger partial charge >= 0.3 is 0 Å². The number of hydrogen-bond donors (Lipinski definition) is 1. The van der Waals surface area contributed by atoms with Gasteiger partial charge in [-0.15, -0.1) is 0 Å². The van der Waals surface area contributed by atoms with E-state index in [0.29, 0.717) is 21.1 Å². The quantitative estimate of drug-likeness (QED) is 0.837. The molecule has 0 saturated carbocycles. The molecule has 0 amide bonds. The summed E-state index contributed by atoms with van der Waals surface area (Å²) < 4.78 is 18.8. The topological polar surface area (TPSA) is 37.9 Å². The van der Waals surface area contributed by atoms with Crippen molar-refractivity contribution in [2.45, 2.75) is 0 Å². The Morgan fingerprint density at radius 1 is 1.62 bits per heavy atom. The molecule has 0 aliphatic carbocycles. The Morgan fingerprint density at radius 3 is 3.08 bits per heavy atom. The van der Waals surface area contributed by atoms with Gasteiger partial charge in [-0.2, -0.15) is 5.10 Å². The van der Waals surface area contributed by atoms with E-state index in [0.717, 1.165) is 0 Å². The minimum atomic E-state index is -0.329. The van der Waals surface area contributed by atoms with Crippen LogP contribution in [-0.2, 0) is 0 Å². The molecule has 0 spiro atoms. The molecule has 0 aliphatic heterocycles. The van der Waals surface area contributed by atoms with E-state index < -0.39 is 0 Å². The van der Waals surface area contributed by atoms with Gasteiger partial charge in [0.25, 0.3) is 0 Å². The van der Waals surface area contributed by atoms with E-state index in [-0.39, 0.29) is 5.82 Å². The second kappa shape index (κ2) is 2.99. The van der Waals surface area contributed by atoms with Crippen LogP contribution in [-0.4, -0.2) is 17.3 Å². The lowest BCUT2D eigenvalue weighted by Crippen LogP contribution is -1.87. The van der Waals surface area contributed by atoms with Gasteiger partial charge in [-0.3, -0.25) is 5.10 Å². The van der Waals surface area contributed by atoms with Gasteiger partial charge in [0.1, 0.15) is 17.1 Å². The summed E-state index contributed by atoms with van der Waals surface area (Å²) in [6.45, 7) is 0. The Morgan fingerprint density at radius 2 is 2.38 bits per heavy atom. The number of ether oxygens (including phenoxy) is 1. The third-order valence-corrected chi connectivity index (χ3v) is 2.39. The lowest BCUT2D eigenvalue weighted by Gasteiger charge is -2.02. The van der Waals surface area contributed by atoms with E-state index >= 15 is 0 Å². The number of nitrogens with zero attached hydrogens (tertiary/aromatic N) is 1. The van der Waals surface area contributed by atoms with Gasteiger partial charge < -0.3 is 4.74 Å². The maximum absolute atomic E-state index is 13.4.